The lowest BCUT2D eigenvalue weighted by molar-refractivity contribution is 0.149. The third-order valence-electron chi connectivity index (χ3n) is 2.67. The second-order valence-electron chi connectivity index (χ2n) is 3.85. The maximum absolute atomic E-state index is 9.67. The third-order valence-corrected chi connectivity index (χ3v) is 2.96. The average molecular weight is 244 g/mol. The number of benzene rings is 1. The van der Waals surface area contributed by atoms with Crippen molar-refractivity contribution >= 4 is 11.6 Å². The van der Waals surface area contributed by atoms with Crippen molar-refractivity contribution in [1.82, 2.24) is 5.32 Å². The van der Waals surface area contributed by atoms with Crippen molar-refractivity contribution in [3.05, 3.63) is 28.3 Å². The van der Waals surface area contributed by atoms with Crippen LogP contribution in [0.25, 0.3) is 0 Å². The number of hydrogen-bond donors (Lipinski definition) is 2. The van der Waals surface area contributed by atoms with Gasteiger partial charge in [-0.3, -0.25) is 0 Å². The minimum atomic E-state index is -0.479. The number of aryl methyl sites for hydroxylation is 1. The summed E-state index contributed by atoms with van der Waals surface area (Å²) < 4.78 is 5.14. The van der Waals surface area contributed by atoms with Gasteiger partial charge in [-0.1, -0.05) is 11.6 Å². The Kier molecular flexibility index (Phi) is 4.59. The first kappa shape index (κ1) is 13.3. The van der Waals surface area contributed by atoms with Gasteiger partial charge >= 0.3 is 0 Å². The van der Waals surface area contributed by atoms with E-state index >= 15 is 0 Å². The van der Waals surface area contributed by atoms with E-state index in [4.69, 9.17) is 16.3 Å². The summed E-state index contributed by atoms with van der Waals surface area (Å²) >= 11 is 6.07. The molecule has 0 fully saturated rings. The lowest BCUT2D eigenvalue weighted by atomic mass is 9.97. The average Bonchev–Trinajstić information content (AvgIpc) is 2.23. The van der Waals surface area contributed by atoms with Crippen LogP contribution in [-0.4, -0.2) is 25.4 Å². The van der Waals surface area contributed by atoms with Crippen molar-refractivity contribution in [3.8, 4) is 5.75 Å². The van der Waals surface area contributed by atoms with E-state index in [0.29, 0.717) is 10.8 Å². The Morgan fingerprint density at radius 1 is 1.44 bits per heavy atom. The molecule has 0 saturated carbocycles. The summed E-state index contributed by atoms with van der Waals surface area (Å²) in [6.07, 6.45) is -0.479. The lowest BCUT2D eigenvalue weighted by Gasteiger charge is -2.22. The molecular formula is C12H18ClNO2. The Balaban J connectivity index is 3.18. The predicted molar refractivity (Wildman–Crippen MR) is 66.2 cm³/mol. The highest BCUT2D eigenvalue weighted by atomic mass is 35.5. The first-order valence-corrected chi connectivity index (χ1v) is 5.58. The van der Waals surface area contributed by atoms with Crippen molar-refractivity contribution in [3.63, 3.8) is 0 Å². The summed E-state index contributed by atoms with van der Waals surface area (Å²) in [5.41, 5.74) is 2.03. The van der Waals surface area contributed by atoms with Crippen LogP contribution in [0.2, 0.25) is 5.02 Å². The van der Waals surface area contributed by atoms with Gasteiger partial charge in [0.05, 0.1) is 24.3 Å². The molecule has 2 atom stereocenters. The first-order chi connectivity index (χ1) is 7.51. The van der Waals surface area contributed by atoms with Crippen molar-refractivity contribution in [1.29, 1.82) is 0 Å². The Morgan fingerprint density at radius 2 is 2.06 bits per heavy atom. The van der Waals surface area contributed by atoms with E-state index in [9.17, 15) is 5.11 Å². The largest absolute Gasteiger partial charge is 0.495 e. The number of rotatable bonds is 4. The summed E-state index contributed by atoms with van der Waals surface area (Å²) in [5, 5.41) is 13.3. The first-order valence-electron chi connectivity index (χ1n) is 5.20. The molecule has 0 amide bonds. The van der Waals surface area contributed by atoms with Crippen LogP contribution in [0, 0.1) is 6.92 Å². The molecule has 0 aliphatic rings. The van der Waals surface area contributed by atoms with E-state index in [0.717, 1.165) is 11.1 Å². The number of likely N-dealkylation sites (N-methyl/N-ethyl adjacent to an activating group) is 1. The zero-order chi connectivity index (χ0) is 12.3. The van der Waals surface area contributed by atoms with Crippen molar-refractivity contribution in [2.45, 2.75) is 26.0 Å². The summed E-state index contributed by atoms with van der Waals surface area (Å²) in [4.78, 5) is 0. The van der Waals surface area contributed by atoms with E-state index in [1.165, 1.54) is 0 Å². The molecular weight excluding hydrogens is 226 g/mol. The molecule has 0 aliphatic carbocycles. The fraction of sp³-hybridized carbons (Fsp3) is 0.500. The molecule has 0 saturated heterocycles. The molecule has 0 bridgehead atoms. The molecule has 0 aliphatic heterocycles. The Morgan fingerprint density at radius 3 is 2.50 bits per heavy atom. The standard InChI is InChI=1S/C12H18ClNO2/c1-7-5-11(16-4)10(13)6-9(7)12(14-3)8(2)15/h5-6,8,12,14-15H,1-4H3. The minimum absolute atomic E-state index is 0.122. The summed E-state index contributed by atoms with van der Waals surface area (Å²) in [6.45, 7) is 3.72. The van der Waals surface area contributed by atoms with Gasteiger partial charge in [0.1, 0.15) is 5.75 Å². The molecule has 0 radical (unpaired) electrons. The highest BCUT2D eigenvalue weighted by Crippen LogP contribution is 2.31. The maximum atomic E-state index is 9.67. The van der Waals surface area contributed by atoms with E-state index in [2.05, 4.69) is 5.32 Å². The van der Waals surface area contributed by atoms with E-state index in [1.807, 2.05) is 26.1 Å². The van der Waals surface area contributed by atoms with E-state index in [-0.39, 0.29) is 6.04 Å². The normalized spacial score (nSPS) is 14.6. The van der Waals surface area contributed by atoms with Gasteiger partial charge in [-0.2, -0.15) is 0 Å². The van der Waals surface area contributed by atoms with Gasteiger partial charge in [0.15, 0.2) is 0 Å². The summed E-state index contributed by atoms with van der Waals surface area (Å²) in [5.74, 6) is 0.656. The molecule has 16 heavy (non-hydrogen) atoms. The molecule has 1 rings (SSSR count). The Hall–Kier alpha value is -0.770. The highest BCUT2D eigenvalue weighted by molar-refractivity contribution is 6.32. The number of aliphatic hydroxyl groups excluding tert-OH is 1. The van der Waals surface area contributed by atoms with Crippen LogP contribution in [0.4, 0.5) is 0 Å². The fourth-order valence-electron chi connectivity index (χ4n) is 1.82. The van der Waals surface area contributed by atoms with Crippen molar-refractivity contribution < 1.29 is 9.84 Å². The summed E-state index contributed by atoms with van der Waals surface area (Å²) in [6, 6.07) is 3.59. The van der Waals surface area contributed by atoms with Gasteiger partial charge in [-0.15, -0.1) is 0 Å². The zero-order valence-electron chi connectivity index (χ0n) is 10.0. The molecule has 0 spiro atoms. The molecule has 2 N–H and O–H groups in total. The monoisotopic (exact) mass is 243 g/mol. The molecule has 0 heterocycles. The number of methoxy groups -OCH3 is 1. The molecule has 1 aromatic rings. The smallest absolute Gasteiger partial charge is 0.137 e. The number of halogens is 1. The number of hydrogen-bond acceptors (Lipinski definition) is 3. The van der Waals surface area contributed by atoms with Gasteiger partial charge in [0, 0.05) is 0 Å². The van der Waals surface area contributed by atoms with Crippen LogP contribution in [0.15, 0.2) is 12.1 Å². The zero-order valence-corrected chi connectivity index (χ0v) is 10.8. The van der Waals surface area contributed by atoms with E-state index < -0.39 is 6.10 Å². The number of aliphatic hydroxyl groups is 1. The Bertz CT molecular complexity index is 366. The van der Waals surface area contributed by atoms with Crippen molar-refractivity contribution in [2.24, 2.45) is 0 Å². The molecule has 0 aromatic heterocycles. The van der Waals surface area contributed by atoms with Crippen LogP contribution < -0.4 is 10.1 Å². The van der Waals surface area contributed by atoms with Crippen LogP contribution in [-0.2, 0) is 0 Å². The van der Waals surface area contributed by atoms with Gasteiger partial charge in [-0.25, -0.2) is 0 Å². The number of nitrogens with one attached hydrogen (secondary N) is 1. The van der Waals surface area contributed by atoms with Crippen LogP contribution in [0.1, 0.15) is 24.1 Å². The molecule has 3 nitrogen and oxygen atoms in total. The van der Waals surface area contributed by atoms with Gasteiger partial charge in [0.25, 0.3) is 0 Å². The fourth-order valence-corrected chi connectivity index (χ4v) is 2.07. The number of ether oxygens (including phenoxy) is 1. The second-order valence-corrected chi connectivity index (χ2v) is 4.26. The van der Waals surface area contributed by atoms with E-state index in [1.54, 1.807) is 14.0 Å². The van der Waals surface area contributed by atoms with Crippen LogP contribution >= 0.6 is 11.6 Å². The van der Waals surface area contributed by atoms with Gasteiger partial charge in [-0.05, 0) is 44.2 Å². The molecule has 4 heteroatoms. The predicted octanol–water partition coefficient (Wildman–Crippen LogP) is 2.30. The minimum Gasteiger partial charge on any atom is -0.495 e. The van der Waals surface area contributed by atoms with Gasteiger partial charge in [0.2, 0.25) is 0 Å². The third kappa shape index (κ3) is 2.67. The van der Waals surface area contributed by atoms with Crippen LogP contribution in [0.3, 0.4) is 0 Å². The highest BCUT2D eigenvalue weighted by Gasteiger charge is 2.18. The molecule has 90 valence electrons. The quantitative estimate of drug-likeness (QED) is 0.853. The SMILES string of the molecule is CNC(c1cc(Cl)c(OC)cc1C)C(C)O. The second kappa shape index (κ2) is 5.53. The van der Waals surface area contributed by atoms with Crippen molar-refractivity contribution in [2.75, 3.05) is 14.2 Å². The summed E-state index contributed by atoms with van der Waals surface area (Å²) in [7, 11) is 3.40. The van der Waals surface area contributed by atoms with Crippen LogP contribution in [0.5, 0.6) is 5.75 Å². The lowest BCUT2D eigenvalue weighted by Crippen LogP contribution is -2.27. The van der Waals surface area contributed by atoms with Gasteiger partial charge < -0.3 is 15.2 Å². The Labute approximate surface area is 101 Å². The molecule has 2 unspecified atom stereocenters. The topological polar surface area (TPSA) is 41.5 Å². The molecule has 1 aromatic carbocycles. The maximum Gasteiger partial charge on any atom is 0.137 e.